The molecule has 3 aromatic rings. The van der Waals surface area contributed by atoms with Gasteiger partial charge in [-0.1, -0.05) is 18.2 Å². The van der Waals surface area contributed by atoms with Crippen LogP contribution in [0.15, 0.2) is 42.5 Å². The van der Waals surface area contributed by atoms with E-state index in [1.54, 1.807) is 12.1 Å². The van der Waals surface area contributed by atoms with Gasteiger partial charge >= 0.3 is 5.97 Å². The number of carbonyl (C=O) groups is 1. The van der Waals surface area contributed by atoms with Crippen molar-refractivity contribution in [2.24, 2.45) is 5.92 Å². The van der Waals surface area contributed by atoms with Crippen molar-refractivity contribution in [3.05, 3.63) is 48.0 Å². The monoisotopic (exact) mass is 377 g/mol. The molecule has 0 aliphatic carbocycles. The van der Waals surface area contributed by atoms with Crippen LogP contribution in [0.4, 0.5) is 5.82 Å². The molecule has 2 heterocycles. The lowest BCUT2D eigenvalue weighted by molar-refractivity contribution is -0.146. The number of aryl methyl sites for hydroxylation is 1. The number of phenols is 1. The van der Waals surface area contributed by atoms with Crippen LogP contribution in [0.2, 0.25) is 0 Å². The van der Waals surface area contributed by atoms with E-state index in [0.29, 0.717) is 11.4 Å². The Balaban J connectivity index is 1.77. The lowest BCUT2D eigenvalue weighted by Gasteiger charge is -2.32. The summed E-state index contributed by atoms with van der Waals surface area (Å²) in [6.45, 7) is 3.47. The summed E-state index contributed by atoms with van der Waals surface area (Å²) in [6.07, 6.45) is 1.46. The fourth-order valence-corrected chi connectivity index (χ4v) is 3.74. The second kappa shape index (κ2) is 7.46. The normalized spacial score (nSPS) is 15.0. The lowest BCUT2D eigenvalue weighted by Crippen LogP contribution is -2.37. The summed E-state index contributed by atoms with van der Waals surface area (Å²) in [5, 5.41) is 11.2. The van der Waals surface area contributed by atoms with Crippen molar-refractivity contribution in [3.63, 3.8) is 0 Å². The largest absolute Gasteiger partial charge is 0.507 e. The number of esters is 1. The summed E-state index contributed by atoms with van der Waals surface area (Å²) in [6, 6.07) is 13.2. The summed E-state index contributed by atoms with van der Waals surface area (Å²) >= 11 is 0. The van der Waals surface area contributed by atoms with Crippen molar-refractivity contribution in [3.8, 4) is 17.1 Å². The highest BCUT2D eigenvalue weighted by atomic mass is 16.5. The van der Waals surface area contributed by atoms with E-state index in [2.05, 4.69) is 11.0 Å². The van der Waals surface area contributed by atoms with Crippen LogP contribution in [0.3, 0.4) is 0 Å². The molecule has 1 aromatic heterocycles. The Morgan fingerprint density at radius 2 is 1.89 bits per heavy atom. The quantitative estimate of drug-likeness (QED) is 0.702. The summed E-state index contributed by atoms with van der Waals surface area (Å²) in [4.78, 5) is 23.6. The first-order valence-electron chi connectivity index (χ1n) is 9.46. The number of ether oxygens (including phenoxy) is 1. The second-order valence-corrected chi connectivity index (χ2v) is 7.19. The minimum atomic E-state index is -0.141. The van der Waals surface area contributed by atoms with Gasteiger partial charge in [0.05, 0.1) is 24.1 Å². The molecule has 0 spiro atoms. The SMILES string of the molecule is COC(=O)C1CCN(c2nc(-c3ccccc3O)nc3cc(C)ccc23)CC1. The molecule has 4 rings (SSSR count). The van der Waals surface area contributed by atoms with Gasteiger partial charge in [0.15, 0.2) is 5.82 Å². The van der Waals surface area contributed by atoms with Gasteiger partial charge in [0, 0.05) is 18.5 Å². The molecule has 6 nitrogen and oxygen atoms in total. The summed E-state index contributed by atoms with van der Waals surface area (Å²) in [5.74, 6) is 1.30. The molecule has 6 heteroatoms. The van der Waals surface area contributed by atoms with Crippen molar-refractivity contribution in [1.82, 2.24) is 9.97 Å². The minimum Gasteiger partial charge on any atom is -0.507 e. The zero-order chi connectivity index (χ0) is 19.7. The molecular formula is C22H23N3O3. The molecule has 1 saturated heterocycles. The highest BCUT2D eigenvalue weighted by Crippen LogP contribution is 2.33. The minimum absolute atomic E-state index is 0.0609. The van der Waals surface area contributed by atoms with E-state index in [0.717, 1.165) is 48.2 Å². The Hall–Kier alpha value is -3.15. The highest BCUT2D eigenvalue weighted by molar-refractivity contribution is 5.92. The number of phenolic OH excluding ortho intramolecular Hbond substituents is 1. The van der Waals surface area contributed by atoms with E-state index >= 15 is 0 Å². The van der Waals surface area contributed by atoms with E-state index < -0.39 is 0 Å². The average Bonchev–Trinajstić information content (AvgIpc) is 2.72. The molecule has 0 unspecified atom stereocenters. The van der Waals surface area contributed by atoms with Gasteiger partial charge < -0.3 is 14.7 Å². The average molecular weight is 377 g/mol. The maximum absolute atomic E-state index is 11.8. The smallest absolute Gasteiger partial charge is 0.308 e. The van der Waals surface area contributed by atoms with Gasteiger partial charge in [-0.05, 0) is 49.6 Å². The Labute approximate surface area is 163 Å². The number of fused-ring (bicyclic) bond motifs is 1. The van der Waals surface area contributed by atoms with Crippen LogP contribution in [0.5, 0.6) is 5.75 Å². The number of carbonyl (C=O) groups excluding carboxylic acids is 1. The molecule has 1 aliphatic heterocycles. The summed E-state index contributed by atoms with van der Waals surface area (Å²) in [5.41, 5.74) is 2.57. The van der Waals surface area contributed by atoms with Gasteiger partial charge in [-0.25, -0.2) is 9.97 Å². The Bertz CT molecular complexity index is 1030. The number of benzene rings is 2. The first kappa shape index (κ1) is 18.2. The van der Waals surface area contributed by atoms with Gasteiger partial charge in [0.25, 0.3) is 0 Å². The van der Waals surface area contributed by atoms with Gasteiger partial charge in [0.2, 0.25) is 0 Å². The number of hydrogen-bond donors (Lipinski definition) is 1. The van der Waals surface area contributed by atoms with Crippen molar-refractivity contribution in [1.29, 1.82) is 0 Å². The topological polar surface area (TPSA) is 75.5 Å². The molecule has 0 atom stereocenters. The van der Waals surface area contributed by atoms with Crippen LogP contribution < -0.4 is 4.90 Å². The van der Waals surface area contributed by atoms with Crippen LogP contribution in [-0.2, 0) is 9.53 Å². The molecule has 2 aromatic carbocycles. The van der Waals surface area contributed by atoms with E-state index in [4.69, 9.17) is 14.7 Å². The van der Waals surface area contributed by atoms with E-state index in [9.17, 15) is 9.90 Å². The number of anilines is 1. The van der Waals surface area contributed by atoms with Crippen LogP contribution >= 0.6 is 0 Å². The molecule has 144 valence electrons. The van der Waals surface area contributed by atoms with Crippen molar-refractivity contribution < 1.29 is 14.6 Å². The number of nitrogens with zero attached hydrogens (tertiary/aromatic N) is 3. The van der Waals surface area contributed by atoms with Gasteiger partial charge in [-0.2, -0.15) is 0 Å². The van der Waals surface area contributed by atoms with Gasteiger partial charge in [-0.15, -0.1) is 0 Å². The third kappa shape index (κ3) is 3.38. The molecule has 0 amide bonds. The van der Waals surface area contributed by atoms with Crippen LogP contribution in [0, 0.1) is 12.8 Å². The maximum Gasteiger partial charge on any atom is 0.308 e. The predicted molar refractivity (Wildman–Crippen MR) is 108 cm³/mol. The van der Waals surface area contributed by atoms with Crippen molar-refractivity contribution in [2.45, 2.75) is 19.8 Å². The summed E-state index contributed by atoms with van der Waals surface area (Å²) in [7, 11) is 1.44. The summed E-state index contributed by atoms with van der Waals surface area (Å²) < 4.78 is 4.89. The number of aromatic hydroxyl groups is 1. The molecule has 1 N–H and O–H groups in total. The van der Waals surface area contributed by atoms with Crippen molar-refractivity contribution in [2.75, 3.05) is 25.1 Å². The zero-order valence-corrected chi connectivity index (χ0v) is 16.1. The number of rotatable bonds is 3. The van der Waals surface area contributed by atoms with Crippen LogP contribution in [-0.4, -0.2) is 41.2 Å². The Morgan fingerprint density at radius 1 is 1.14 bits per heavy atom. The Kier molecular flexibility index (Phi) is 4.86. The number of methoxy groups -OCH3 is 1. The third-order valence-electron chi connectivity index (χ3n) is 5.31. The number of hydrogen-bond acceptors (Lipinski definition) is 6. The standard InChI is InChI=1S/C22H23N3O3/c1-14-7-8-16-18(13-14)23-20(17-5-3-4-6-19(17)26)24-21(16)25-11-9-15(10-12-25)22(27)28-2/h3-8,13,15,26H,9-12H2,1-2H3. The maximum atomic E-state index is 11.8. The zero-order valence-electron chi connectivity index (χ0n) is 16.1. The first-order chi connectivity index (χ1) is 13.6. The van der Waals surface area contributed by atoms with E-state index in [1.165, 1.54) is 7.11 Å². The lowest BCUT2D eigenvalue weighted by atomic mass is 9.96. The van der Waals surface area contributed by atoms with Gasteiger partial charge in [0.1, 0.15) is 11.6 Å². The fraction of sp³-hybridized carbons (Fsp3) is 0.318. The molecule has 1 aliphatic rings. The predicted octanol–water partition coefficient (Wildman–Crippen LogP) is 3.70. The van der Waals surface area contributed by atoms with E-state index in [-0.39, 0.29) is 17.6 Å². The van der Waals surface area contributed by atoms with Gasteiger partial charge in [-0.3, -0.25) is 4.79 Å². The third-order valence-corrected chi connectivity index (χ3v) is 5.31. The Morgan fingerprint density at radius 3 is 2.61 bits per heavy atom. The highest BCUT2D eigenvalue weighted by Gasteiger charge is 2.27. The molecule has 28 heavy (non-hydrogen) atoms. The van der Waals surface area contributed by atoms with Crippen molar-refractivity contribution >= 4 is 22.7 Å². The van der Waals surface area contributed by atoms with Crippen LogP contribution in [0.25, 0.3) is 22.3 Å². The second-order valence-electron chi connectivity index (χ2n) is 7.19. The molecule has 0 radical (unpaired) electrons. The molecule has 0 saturated carbocycles. The molecular weight excluding hydrogens is 354 g/mol. The number of piperidine rings is 1. The van der Waals surface area contributed by atoms with E-state index in [1.807, 2.05) is 31.2 Å². The fourth-order valence-electron chi connectivity index (χ4n) is 3.74. The number of para-hydroxylation sites is 1. The number of aromatic nitrogens is 2. The molecule has 0 bridgehead atoms. The molecule has 1 fully saturated rings. The van der Waals surface area contributed by atoms with Crippen LogP contribution in [0.1, 0.15) is 18.4 Å². The first-order valence-corrected chi connectivity index (χ1v) is 9.46.